The first-order valence-corrected chi connectivity index (χ1v) is 7.61. The monoisotopic (exact) mass is 310 g/mol. The van der Waals surface area contributed by atoms with Crippen LogP contribution in [0.3, 0.4) is 0 Å². The number of carbonyl (C=O) groups is 1. The van der Waals surface area contributed by atoms with Crippen LogP contribution in [0.1, 0.15) is 36.0 Å². The van der Waals surface area contributed by atoms with E-state index < -0.39 is 0 Å². The Labute approximate surface area is 129 Å². The molecule has 1 aliphatic carbocycles. The zero-order chi connectivity index (χ0) is 13.3. The molecule has 0 aliphatic heterocycles. The minimum Gasteiger partial charge on any atom is -0.345 e. The maximum Gasteiger partial charge on any atom is 0.253 e. The van der Waals surface area contributed by atoms with Crippen LogP contribution in [0.4, 0.5) is 0 Å². The van der Waals surface area contributed by atoms with Gasteiger partial charge in [0.1, 0.15) is 0 Å². The molecule has 0 bridgehead atoms. The second-order valence-corrected chi connectivity index (χ2v) is 6.20. The summed E-state index contributed by atoms with van der Waals surface area (Å²) >= 11 is 1.61. The number of amides is 1. The van der Waals surface area contributed by atoms with Gasteiger partial charge < -0.3 is 11.1 Å². The summed E-state index contributed by atoms with van der Waals surface area (Å²) in [6.07, 6.45) is 4.30. The van der Waals surface area contributed by atoms with E-state index in [0.29, 0.717) is 6.54 Å². The zero-order valence-corrected chi connectivity index (χ0v) is 12.9. The summed E-state index contributed by atoms with van der Waals surface area (Å²) in [4.78, 5) is 12.5. The molecule has 1 amide bonds. The number of thiophene rings is 1. The van der Waals surface area contributed by atoms with Crippen molar-refractivity contribution in [3.63, 3.8) is 0 Å². The lowest BCUT2D eigenvalue weighted by Crippen LogP contribution is -2.51. The third-order valence-electron chi connectivity index (χ3n) is 4.06. The Morgan fingerprint density at radius 3 is 2.70 bits per heavy atom. The summed E-state index contributed by atoms with van der Waals surface area (Å²) in [5.41, 5.74) is 6.47. The Morgan fingerprint density at radius 2 is 2.00 bits per heavy atom. The molecule has 1 fully saturated rings. The summed E-state index contributed by atoms with van der Waals surface area (Å²) in [6.45, 7) is 0.529. The number of rotatable bonds is 3. The van der Waals surface area contributed by atoms with Crippen LogP contribution < -0.4 is 11.1 Å². The van der Waals surface area contributed by atoms with Crippen LogP contribution in [0, 0.1) is 0 Å². The van der Waals surface area contributed by atoms with Gasteiger partial charge in [0.15, 0.2) is 0 Å². The summed E-state index contributed by atoms with van der Waals surface area (Å²) < 4.78 is 1.15. The molecule has 3 nitrogen and oxygen atoms in total. The maximum atomic E-state index is 12.5. The molecular formula is C15H19ClN2OS. The van der Waals surface area contributed by atoms with Gasteiger partial charge in [-0.3, -0.25) is 4.79 Å². The van der Waals surface area contributed by atoms with Crippen LogP contribution in [0.15, 0.2) is 29.6 Å². The molecule has 5 heteroatoms. The van der Waals surface area contributed by atoms with E-state index >= 15 is 0 Å². The van der Waals surface area contributed by atoms with Gasteiger partial charge in [-0.2, -0.15) is 0 Å². The summed E-state index contributed by atoms with van der Waals surface area (Å²) in [6, 6.07) is 8.02. The lowest BCUT2D eigenvalue weighted by atomic mass is 9.97. The molecule has 0 saturated heterocycles. The number of fused-ring (bicyclic) bond motifs is 1. The molecule has 0 spiro atoms. The molecule has 1 heterocycles. The lowest BCUT2D eigenvalue weighted by Gasteiger charge is -2.28. The quantitative estimate of drug-likeness (QED) is 0.913. The van der Waals surface area contributed by atoms with Crippen molar-refractivity contribution in [2.75, 3.05) is 6.54 Å². The van der Waals surface area contributed by atoms with Gasteiger partial charge in [0.05, 0.1) is 11.1 Å². The average molecular weight is 311 g/mol. The van der Waals surface area contributed by atoms with Crippen LogP contribution in [0.25, 0.3) is 10.1 Å². The first-order chi connectivity index (χ1) is 9.24. The molecule has 20 heavy (non-hydrogen) atoms. The van der Waals surface area contributed by atoms with Crippen LogP contribution in [0.2, 0.25) is 0 Å². The Balaban J connectivity index is 0.00000147. The topological polar surface area (TPSA) is 55.1 Å². The molecule has 0 radical (unpaired) electrons. The summed E-state index contributed by atoms with van der Waals surface area (Å²) in [7, 11) is 0. The van der Waals surface area contributed by atoms with Crippen LogP contribution in [-0.4, -0.2) is 18.0 Å². The van der Waals surface area contributed by atoms with E-state index in [1.807, 2.05) is 29.6 Å². The number of nitrogens with two attached hydrogens (primary N) is 1. The fraction of sp³-hybridized carbons (Fsp3) is 0.400. The highest BCUT2D eigenvalue weighted by Gasteiger charge is 2.34. The highest BCUT2D eigenvalue weighted by molar-refractivity contribution is 7.17. The molecule has 3 rings (SSSR count). The van der Waals surface area contributed by atoms with Crippen LogP contribution >= 0.6 is 23.7 Å². The lowest BCUT2D eigenvalue weighted by molar-refractivity contribution is 0.0905. The Kier molecular flexibility index (Phi) is 4.68. The van der Waals surface area contributed by atoms with Gasteiger partial charge in [-0.15, -0.1) is 23.7 Å². The molecule has 0 atom stereocenters. The van der Waals surface area contributed by atoms with E-state index in [0.717, 1.165) is 41.3 Å². The van der Waals surface area contributed by atoms with Crippen molar-refractivity contribution in [3.05, 3.63) is 35.2 Å². The summed E-state index contributed by atoms with van der Waals surface area (Å²) in [5.74, 6) is 0.0183. The molecule has 1 aromatic carbocycles. The van der Waals surface area contributed by atoms with Gasteiger partial charge in [-0.1, -0.05) is 31.0 Å². The van der Waals surface area contributed by atoms with Crippen molar-refractivity contribution in [1.82, 2.24) is 5.32 Å². The van der Waals surface area contributed by atoms with Gasteiger partial charge >= 0.3 is 0 Å². The maximum absolute atomic E-state index is 12.5. The Bertz CT molecular complexity index is 605. The summed E-state index contributed by atoms with van der Waals surface area (Å²) in [5, 5.41) is 6.16. The van der Waals surface area contributed by atoms with Crippen molar-refractivity contribution in [2.24, 2.45) is 5.73 Å². The Morgan fingerprint density at radius 1 is 1.30 bits per heavy atom. The minimum atomic E-state index is -0.180. The van der Waals surface area contributed by atoms with E-state index in [9.17, 15) is 4.79 Å². The smallest absolute Gasteiger partial charge is 0.253 e. The molecule has 1 aliphatic rings. The van der Waals surface area contributed by atoms with Crippen LogP contribution in [-0.2, 0) is 0 Å². The van der Waals surface area contributed by atoms with Gasteiger partial charge in [0, 0.05) is 22.0 Å². The Hall–Kier alpha value is -1.10. The number of hydrogen-bond acceptors (Lipinski definition) is 3. The number of halogens is 1. The molecule has 1 saturated carbocycles. The number of carbonyl (C=O) groups excluding carboxylic acids is 1. The van der Waals surface area contributed by atoms with Crippen molar-refractivity contribution in [3.8, 4) is 0 Å². The molecular weight excluding hydrogens is 292 g/mol. The highest BCUT2D eigenvalue weighted by atomic mass is 35.5. The van der Waals surface area contributed by atoms with Gasteiger partial charge in [0.25, 0.3) is 5.91 Å². The predicted octanol–water partition coefficient (Wildman–Crippen LogP) is 3.32. The molecule has 108 valence electrons. The van der Waals surface area contributed by atoms with Gasteiger partial charge in [-0.25, -0.2) is 0 Å². The fourth-order valence-electron chi connectivity index (χ4n) is 2.89. The molecule has 2 aromatic rings. The zero-order valence-electron chi connectivity index (χ0n) is 11.2. The first kappa shape index (κ1) is 15.3. The SMILES string of the molecule is Cl.NCC1(NC(=O)c2csc3ccccc23)CCCC1. The molecule has 3 N–H and O–H groups in total. The number of nitrogens with one attached hydrogen (secondary N) is 1. The standard InChI is InChI=1S/C15H18N2OS.ClH/c16-10-15(7-3-4-8-15)17-14(18)12-9-19-13-6-2-1-5-11(12)13;/h1-2,5-6,9H,3-4,7-8,10,16H2,(H,17,18);1H. The van der Waals surface area contributed by atoms with E-state index in [2.05, 4.69) is 5.32 Å². The van der Waals surface area contributed by atoms with E-state index in [1.54, 1.807) is 11.3 Å². The predicted molar refractivity (Wildman–Crippen MR) is 86.8 cm³/mol. The largest absolute Gasteiger partial charge is 0.345 e. The fourth-order valence-corrected chi connectivity index (χ4v) is 3.83. The third-order valence-corrected chi connectivity index (χ3v) is 5.02. The molecule has 1 aromatic heterocycles. The van der Waals surface area contributed by atoms with E-state index in [-0.39, 0.29) is 23.9 Å². The van der Waals surface area contributed by atoms with Crippen molar-refractivity contribution in [1.29, 1.82) is 0 Å². The van der Waals surface area contributed by atoms with E-state index in [4.69, 9.17) is 5.73 Å². The number of benzene rings is 1. The van der Waals surface area contributed by atoms with Crippen molar-refractivity contribution < 1.29 is 4.79 Å². The van der Waals surface area contributed by atoms with Crippen LogP contribution in [0.5, 0.6) is 0 Å². The minimum absolute atomic E-state index is 0. The van der Waals surface area contributed by atoms with Crippen molar-refractivity contribution in [2.45, 2.75) is 31.2 Å². The first-order valence-electron chi connectivity index (χ1n) is 6.73. The average Bonchev–Trinajstić information content (AvgIpc) is 3.05. The number of hydrogen-bond donors (Lipinski definition) is 2. The normalized spacial score (nSPS) is 16.9. The second-order valence-electron chi connectivity index (χ2n) is 5.29. The van der Waals surface area contributed by atoms with E-state index in [1.165, 1.54) is 0 Å². The highest BCUT2D eigenvalue weighted by Crippen LogP contribution is 2.30. The molecule has 0 unspecified atom stereocenters. The second kappa shape index (κ2) is 6.12. The van der Waals surface area contributed by atoms with Gasteiger partial charge in [-0.05, 0) is 18.9 Å². The van der Waals surface area contributed by atoms with Crippen molar-refractivity contribution >= 4 is 39.7 Å². The van der Waals surface area contributed by atoms with Gasteiger partial charge in [0.2, 0.25) is 0 Å². The third kappa shape index (κ3) is 2.68.